The molecule has 0 aromatic carbocycles. The first kappa shape index (κ1) is 24.8. The summed E-state index contributed by atoms with van der Waals surface area (Å²) in [6.07, 6.45) is -0.971. The van der Waals surface area contributed by atoms with Crippen LogP contribution in [0.3, 0.4) is 0 Å². The average molecular weight is 493 g/mol. The van der Waals surface area contributed by atoms with Crippen molar-refractivity contribution in [1.29, 1.82) is 0 Å². The number of rotatable bonds is 8. The van der Waals surface area contributed by atoms with Crippen molar-refractivity contribution < 1.29 is 55.5 Å². The summed E-state index contributed by atoms with van der Waals surface area (Å²) in [5, 5.41) is 0. The second-order valence-electron chi connectivity index (χ2n) is 5.64. The van der Waals surface area contributed by atoms with Gasteiger partial charge in [-0.1, -0.05) is 5.92 Å². The summed E-state index contributed by atoms with van der Waals surface area (Å²) in [5.74, 6) is 1.71. The molecule has 168 valence electrons. The van der Waals surface area contributed by atoms with Crippen LogP contribution in [0.25, 0.3) is 0 Å². The van der Waals surface area contributed by atoms with E-state index in [1.165, 1.54) is 6.07 Å². The van der Waals surface area contributed by atoms with E-state index in [-0.39, 0.29) is 5.82 Å². The molecule has 3 unspecified atom stereocenters. The molecule has 0 saturated carbocycles. The topological polar surface area (TPSA) is 230 Å². The van der Waals surface area contributed by atoms with Crippen molar-refractivity contribution in [3.05, 3.63) is 22.7 Å². The number of hydrogen-bond acceptors (Lipinski definition) is 10. The molecule has 1 aromatic rings. The van der Waals surface area contributed by atoms with Crippen LogP contribution in [0, 0.1) is 12.3 Å². The van der Waals surface area contributed by atoms with Crippen LogP contribution in [0.15, 0.2) is 17.1 Å². The maximum atomic E-state index is 14.4. The average Bonchev–Trinajstić information content (AvgIpc) is 2.90. The zero-order valence-corrected chi connectivity index (χ0v) is 17.2. The van der Waals surface area contributed by atoms with Gasteiger partial charge in [-0.2, -0.15) is 13.6 Å². The van der Waals surface area contributed by atoms with E-state index in [9.17, 15) is 27.8 Å². The number of alkyl halides is 1. The number of phosphoric ester groups is 1. The van der Waals surface area contributed by atoms with Crippen LogP contribution in [0.1, 0.15) is 12.6 Å². The van der Waals surface area contributed by atoms with Gasteiger partial charge in [0.2, 0.25) is 0 Å². The summed E-state index contributed by atoms with van der Waals surface area (Å²) in [7, 11) is -16.9. The lowest BCUT2D eigenvalue weighted by atomic mass is 10.1. The van der Waals surface area contributed by atoms with Gasteiger partial charge in [0.1, 0.15) is 18.1 Å². The van der Waals surface area contributed by atoms with E-state index in [2.05, 4.69) is 18.1 Å². The predicted octanol–water partition coefficient (Wildman–Crippen LogP) is -0.204. The van der Waals surface area contributed by atoms with Crippen LogP contribution in [0.2, 0.25) is 0 Å². The fourth-order valence-corrected chi connectivity index (χ4v) is 5.50. The molecule has 0 bridgehead atoms. The molecule has 2 rings (SSSR count). The van der Waals surface area contributed by atoms with Crippen LogP contribution < -0.4 is 11.4 Å². The Balaban J connectivity index is 2.13. The molecule has 0 radical (unpaired) electrons. The number of nitrogens with zero attached hydrogens (tertiary/aromatic N) is 2. The van der Waals surface area contributed by atoms with E-state index in [4.69, 9.17) is 31.6 Å². The van der Waals surface area contributed by atoms with Crippen LogP contribution in [-0.4, -0.2) is 47.5 Å². The molecule has 2 heterocycles. The molecule has 1 aromatic heterocycles. The fourth-order valence-electron chi connectivity index (χ4n) is 2.36. The highest BCUT2D eigenvalue weighted by Crippen LogP contribution is 2.66. The van der Waals surface area contributed by atoms with Crippen molar-refractivity contribution in [3.63, 3.8) is 0 Å². The van der Waals surface area contributed by atoms with Crippen LogP contribution >= 0.6 is 23.5 Å². The van der Waals surface area contributed by atoms with Gasteiger partial charge in [0, 0.05) is 12.6 Å². The van der Waals surface area contributed by atoms with Crippen molar-refractivity contribution in [2.75, 3.05) is 5.73 Å². The smallest absolute Gasteiger partial charge is 0.383 e. The lowest BCUT2D eigenvalue weighted by Crippen LogP contribution is -2.31. The Kier molecular flexibility index (Phi) is 7.41. The number of ether oxygens (including phenoxy) is 1. The monoisotopic (exact) mass is 493 g/mol. The predicted molar refractivity (Wildman–Crippen MR) is 93.9 cm³/mol. The number of hydrogen-bond donors (Lipinski definition) is 5. The van der Waals surface area contributed by atoms with E-state index < -0.39 is 60.2 Å². The number of halogens is 1. The standard InChI is InChI=1S/C11H15FN3O12P3/c1-2-7(25-29(20,21)27-30(22,23)26-28(17,18)19)8-5-6(12)10(24-8)15-4-3-9(13)14-11(15)16/h1,3-4,6-8,10H,5H2,(H,20,21)(H,22,23)(H2,13,14,16)(H2,17,18,19)/t6-,7-,8-,10?/m0/s1. The van der Waals surface area contributed by atoms with Gasteiger partial charge >= 0.3 is 29.2 Å². The van der Waals surface area contributed by atoms with Crippen LogP contribution in [0.5, 0.6) is 0 Å². The molecule has 1 aliphatic rings. The zero-order chi connectivity index (χ0) is 22.9. The number of anilines is 1. The van der Waals surface area contributed by atoms with Crippen molar-refractivity contribution in [2.45, 2.75) is 31.0 Å². The summed E-state index contributed by atoms with van der Waals surface area (Å²) in [5.41, 5.74) is 4.38. The third-order valence-corrected chi connectivity index (χ3v) is 7.19. The molecule has 6 atom stereocenters. The normalized spacial score (nSPS) is 27.0. The first-order valence-electron chi connectivity index (χ1n) is 7.55. The molecular weight excluding hydrogens is 478 g/mol. The number of nitrogens with two attached hydrogens (primary N) is 1. The molecule has 30 heavy (non-hydrogen) atoms. The van der Waals surface area contributed by atoms with Crippen LogP contribution in [-0.2, 0) is 31.6 Å². The molecule has 19 heteroatoms. The molecular formula is C11H15FN3O12P3. The highest BCUT2D eigenvalue weighted by Gasteiger charge is 2.46. The van der Waals surface area contributed by atoms with E-state index in [1.54, 1.807) is 0 Å². The van der Waals surface area contributed by atoms with Gasteiger partial charge in [-0.05, 0) is 6.07 Å². The maximum absolute atomic E-state index is 14.4. The molecule has 15 nitrogen and oxygen atoms in total. The summed E-state index contributed by atoms with van der Waals surface area (Å²) >= 11 is 0. The fraction of sp³-hybridized carbons (Fsp3) is 0.455. The quantitative estimate of drug-likeness (QED) is 0.233. The largest absolute Gasteiger partial charge is 0.490 e. The minimum absolute atomic E-state index is 0.129. The van der Waals surface area contributed by atoms with Crippen molar-refractivity contribution in [1.82, 2.24) is 9.55 Å². The first-order valence-corrected chi connectivity index (χ1v) is 12.1. The van der Waals surface area contributed by atoms with Gasteiger partial charge in [-0.3, -0.25) is 9.09 Å². The van der Waals surface area contributed by atoms with E-state index in [0.29, 0.717) is 0 Å². The van der Waals surface area contributed by atoms with E-state index >= 15 is 0 Å². The molecule has 0 aliphatic carbocycles. The Hall–Kier alpha value is -1.46. The Bertz CT molecular complexity index is 1040. The number of aromatic nitrogens is 2. The first-order chi connectivity index (χ1) is 13.6. The van der Waals surface area contributed by atoms with Crippen molar-refractivity contribution >= 4 is 29.3 Å². The molecule has 1 saturated heterocycles. The van der Waals surface area contributed by atoms with Gasteiger partial charge in [0.15, 0.2) is 12.3 Å². The van der Waals surface area contributed by atoms with Gasteiger partial charge in [-0.15, -0.1) is 6.42 Å². The summed E-state index contributed by atoms with van der Waals surface area (Å²) in [4.78, 5) is 50.9. The lowest BCUT2D eigenvalue weighted by Gasteiger charge is -2.22. The summed E-state index contributed by atoms with van der Waals surface area (Å²) in [6.45, 7) is 0. The number of terminal acetylenes is 1. The Labute approximate surface area is 167 Å². The number of nitrogen functional groups attached to an aromatic ring is 1. The third kappa shape index (κ3) is 6.78. The van der Waals surface area contributed by atoms with E-state index in [0.717, 1.165) is 10.8 Å². The SMILES string of the molecule is C#C[C@H](OP(=O)(O)OP(=O)(O)OP(=O)(O)O)[C@@H]1C[C@H](F)C(n2ccc(N)nc2=O)O1. The highest BCUT2D eigenvalue weighted by molar-refractivity contribution is 7.66. The van der Waals surface area contributed by atoms with Gasteiger partial charge in [0.05, 0.1) is 0 Å². The van der Waals surface area contributed by atoms with Crippen LogP contribution in [0.4, 0.5) is 10.2 Å². The maximum Gasteiger partial charge on any atom is 0.490 e. The summed E-state index contributed by atoms with van der Waals surface area (Å²) in [6, 6.07) is 1.19. The highest BCUT2D eigenvalue weighted by atomic mass is 31.3. The second kappa shape index (κ2) is 8.96. The minimum atomic E-state index is -5.77. The van der Waals surface area contributed by atoms with E-state index in [1.807, 2.05) is 5.92 Å². The third-order valence-electron chi connectivity index (χ3n) is 3.37. The van der Waals surface area contributed by atoms with Gasteiger partial charge in [0.25, 0.3) is 0 Å². The Morgan fingerprint density at radius 2 is 1.93 bits per heavy atom. The molecule has 1 fully saturated rings. The van der Waals surface area contributed by atoms with Gasteiger partial charge < -0.3 is 30.0 Å². The number of phosphoric acid groups is 3. The van der Waals surface area contributed by atoms with Gasteiger partial charge in [-0.25, -0.2) is 22.9 Å². The lowest BCUT2D eigenvalue weighted by molar-refractivity contribution is -0.0533. The van der Waals surface area contributed by atoms with Crippen molar-refractivity contribution in [3.8, 4) is 12.3 Å². The molecule has 6 N–H and O–H groups in total. The molecule has 1 aliphatic heterocycles. The van der Waals surface area contributed by atoms with Crippen molar-refractivity contribution in [2.24, 2.45) is 0 Å². The summed E-state index contributed by atoms with van der Waals surface area (Å²) < 4.78 is 65.8. The Morgan fingerprint density at radius 1 is 1.30 bits per heavy atom. The Morgan fingerprint density at radius 3 is 2.47 bits per heavy atom. The molecule has 0 amide bonds. The zero-order valence-electron chi connectivity index (χ0n) is 14.5. The molecule has 0 spiro atoms. The second-order valence-corrected chi connectivity index (χ2v) is 10.0. The minimum Gasteiger partial charge on any atom is -0.383 e.